The molecular weight excluding hydrogens is 255 g/mol. The number of hydrogen-bond donors (Lipinski definition) is 1. The third kappa shape index (κ3) is 3.79. The fourth-order valence-corrected chi connectivity index (χ4v) is 3.01. The highest BCUT2D eigenvalue weighted by molar-refractivity contribution is 5.94. The standard InChI is InChI=1S/C16H23FN2O/c1-11-7-12(2)10-19(9-11)13(3)16(20)18-15-6-4-5-14(17)8-15/h4-6,8,11-13H,7,9-10H2,1-3H3,(H,18,20)/t11-,12-,13+/m1/s1. The molecule has 1 aromatic rings. The lowest BCUT2D eigenvalue weighted by molar-refractivity contribution is -0.121. The van der Waals surface area contributed by atoms with Gasteiger partial charge in [0, 0.05) is 18.8 Å². The van der Waals surface area contributed by atoms with Crippen LogP contribution in [0, 0.1) is 17.7 Å². The molecule has 0 aliphatic carbocycles. The molecule has 1 aliphatic rings. The summed E-state index contributed by atoms with van der Waals surface area (Å²) in [7, 11) is 0. The second-order valence-electron chi connectivity index (χ2n) is 6.08. The van der Waals surface area contributed by atoms with Gasteiger partial charge in [0.2, 0.25) is 5.91 Å². The molecule has 3 atom stereocenters. The highest BCUT2D eigenvalue weighted by atomic mass is 19.1. The van der Waals surface area contributed by atoms with Crippen molar-refractivity contribution in [2.24, 2.45) is 11.8 Å². The van der Waals surface area contributed by atoms with Gasteiger partial charge in [0.1, 0.15) is 5.82 Å². The van der Waals surface area contributed by atoms with Crippen LogP contribution in [-0.4, -0.2) is 29.9 Å². The Labute approximate surface area is 120 Å². The van der Waals surface area contributed by atoms with E-state index in [1.54, 1.807) is 12.1 Å². The van der Waals surface area contributed by atoms with E-state index in [0.717, 1.165) is 13.1 Å². The summed E-state index contributed by atoms with van der Waals surface area (Å²) in [6.07, 6.45) is 1.22. The van der Waals surface area contributed by atoms with Crippen molar-refractivity contribution in [1.29, 1.82) is 0 Å². The molecule has 0 saturated carbocycles. The Balaban J connectivity index is 1.98. The van der Waals surface area contributed by atoms with Gasteiger partial charge in [-0.3, -0.25) is 9.69 Å². The number of piperidine rings is 1. The summed E-state index contributed by atoms with van der Waals surface area (Å²) in [5.74, 6) is 0.818. The van der Waals surface area contributed by atoms with Crippen LogP contribution in [0.1, 0.15) is 27.2 Å². The van der Waals surface area contributed by atoms with Crippen molar-refractivity contribution in [3.63, 3.8) is 0 Å². The Bertz CT molecular complexity index is 467. The summed E-state index contributed by atoms with van der Waals surface area (Å²) < 4.78 is 13.1. The molecular formula is C16H23FN2O. The molecule has 1 aliphatic heterocycles. The Morgan fingerprint density at radius 1 is 1.35 bits per heavy atom. The molecule has 4 heteroatoms. The number of nitrogens with one attached hydrogen (secondary N) is 1. The second-order valence-corrected chi connectivity index (χ2v) is 6.08. The van der Waals surface area contributed by atoms with Crippen LogP contribution in [-0.2, 0) is 4.79 Å². The highest BCUT2D eigenvalue weighted by Crippen LogP contribution is 2.23. The van der Waals surface area contributed by atoms with E-state index < -0.39 is 0 Å². The summed E-state index contributed by atoms with van der Waals surface area (Å²) in [5, 5.41) is 2.79. The topological polar surface area (TPSA) is 32.3 Å². The molecule has 110 valence electrons. The van der Waals surface area contributed by atoms with Crippen molar-refractivity contribution in [3.05, 3.63) is 30.1 Å². The number of carbonyl (C=O) groups is 1. The number of benzene rings is 1. The number of likely N-dealkylation sites (tertiary alicyclic amines) is 1. The molecule has 1 fully saturated rings. The maximum absolute atomic E-state index is 13.1. The predicted octanol–water partition coefficient (Wildman–Crippen LogP) is 3.13. The molecule has 0 unspecified atom stereocenters. The van der Waals surface area contributed by atoms with E-state index in [1.165, 1.54) is 18.6 Å². The summed E-state index contributed by atoms with van der Waals surface area (Å²) in [6.45, 7) is 8.25. The molecule has 0 radical (unpaired) electrons. The minimum absolute atomic E-state index is 0.0723. The Morgan fingerprint density at radius 3 is 2.60 bits per heavy atom. The van der Waals surface area contributed by atoms with Gasteiger partial charge in [-0.15, -0.1) is 0 Å². The van der Waals surface area contributed by atoms with Crippen molar-refractivity contribution in [1.82, 2.24) is 4.90 Å². The van der Waals surface area contributed by atoms with Crippen LogP contribution in [0.4, 0.5) is 10.1 Å². The lowest BCUT2D eigenvalue weighted by Gasteiger charge is -2.38. The van der Waals surface area contributed by atoms with Crippen LogP contribution in [0.15, 0.2) is 24.3 Å². The van der Waals surface area contributed by atoms with Gasteiger partial charge in [-0.1, -0.05) is 19.9 Å². The fourth-order valence-electron chi connectivity index (χ4n) is 3.01. The van der Waals surface area contributed by atoms with E-state index in [1.807, 2.05) is 6.92 Å². The first-order valence-electron chi connectivity index (χ1n) is 7.26. The van der Waals surface area contributed by atoms with Crippen molar-refractivity contribution in [2.75, 3.05) is 18.4 Å². The molecule has 1 N–H and O–H groups in total. The molecule has 2 rings (SSSR count). The van der Waals surface area contributed by atoms with Crippen LogP contribution in [0.3, 0.4) is 0 Å². The van der Waals surface area contributed by atoms with E-state index in [0.29, 0.717) is 17.5 Å². The normalized spacial score (nSPS) is 25.2. The third-order valence-corrected chi connectivity index (χ3v) is 3.92. The van der Waals surface area contributed by atoms with Gasteiger partial charge in [0.05, 0.1) is 6.04 Å². The lowest BCUT2D eigenvalue weighted by Crippen LogP contribution is -2.48. The van der Waals surface area contributed by atoms with Gasteiger partial charge >= 0.3 is 0 Å². The third-order valence-electron chi connectivity index (χ3n) is 3.92. The summed E-state index contributed by atoms with van der Waals surface area (Å²) in [5.41, 5.74) is 0.514. The van der Waals surface area contributed by atoms with Crippen molar-refractivity contribution in [3.8, 4) is 0 Å². The molecule has 3 nitrogen and oxygen atoms in total. The largest absolute Gasteiger partial charge is 0.325 e. The smallest absolute Gasteiger partial charge is 0.241 e. The van der Waals surface area contributed by atoms with Crippen LogP contribution in [0.25, 0.3) is 0 Å². The molecule has 1 amide bonds. The molecule has 0 aromatic heterocycles. The Hall–Kier alpha value is -1.42. The number of carbonyl (C=O) groups excluding carboxylic acids is 1. The van der Waals surface area contributed by atoms with E-state index >= 15 is 0 Å². The van der Waals surface area contributed by atoms with Gasteiger partial charge in [-0.05, 0) is 43.4 Å². The maximum Gasteiger partial charge on any atom is 0.241 e. The first-order valence-corrected chi connectivity index (χ1v) is 7.26. The van der Waals surface area contributed by atoms with E-state index in [4.69, 9.17) is 0 Å². The minimum Gasteiger partial charge on any atom is -0.325 e. The van der Waals surface area contributed by atoms with Crippen molar-refractivity contribution >= 4 is 11.6 Å². The second kappa shape index (κ2) is 6.35. The van der Waals surface area contributed by atoms with Gasteiger partial charge in [-0.2, -0.15) is 0 Å². The SMILES string of the molecule is C[C@@H]1C[C@@H](C)CN([C@@H](C)C(=O)Nc2cccc(F)c2)C1. The summed E-state index contributed by atoms with van der Waals surface area (Å²) in [4.78, 5) is 14.5. The van der Waals surface area contributed by atoms with Gasteiger partial charge < -0.3 is 5.32 Å². The Morgan fingerprint density at radius 2 is 2.00 bits per heavy atom. The number of amides is 1. The average molecular weight is 278 g/mol. The lowest BCUT2D eigenvalue weighted by atomic mass is 9.91. The zero-order chi connectivity index (χ0) is 14.7. The Kier molecular flexibility index (Phi) is 4.76. The van der Waals surface area contributed by atoms with Crippen LogP contribution in [0.2, 0.25) is 0 Å². The number of rotatable bonds is 3. The van der Waals surface area contributed by atoms with E-state index in [2.05, 4.69) is 24.1 Å². The monoisotopic (exact) mass is 278 g/mol. The van der Waals surface area contributed by atoms with Crippen molar-refractivity contribution in [2.45, 2.75) is 33.2 Å². The quantitative estimate of drug-likeness (QED) is 0.921. The maximum atomic E-state index is 13.1. The van der Waals surface area contributed by atoms with Gasteiger partial charge in [0.15, 0.2) is 0 Å². The number of hydrogen-bond acceptors (Lipinski definition) is 2. The number of halogens is 1. The predicted molar refractivity (Wildman–Crippen MR) is 79.0 cm³/mol. The molecule has 20 heavy (non-hydrogen) atoms. The molecule has 0 bridgehead atoms. The molecule has 0 spiro atoms. The van der Waals surface area contributed by atoms with E-state index in [-0.39, 0.29) is 17.8 Å². The zero-order valence-corrected chi connectivity index (χ0v) is 12.4. The highest BCUT2D eigenvalue weighted by Gasteiger charge is 2.28. The van der Waals surface area contributed by atoms with Crippen LogP contribution < -0.4 is 5.32 Å². The number of nitrogens with zero attached hydrogens (tertiary/aromatic N) is 1. The summed E-state index contributed by atoms with van der Waals surface area (Å²) >= 11 is 0. The van der Waals surface area contributed by atoms with Crippen LogP contribution in [0.5, 0.6) is 0 Å². The van der Waals surface area contributed by atoms with Gasteiger partial charge in [0.25, 0.3) is 0 Å². The summed E-state index contributed by atoms with van der Waals surface area (Å²) in [6, 6.07) is 5.82. The molecule has 1 saturated heterocycles. The first-order chi connectivity index (χ1) is 9.45. The van der Waals surface area contributed by atoms with Crippen molar-refractivity contribution < 1.29 is 9.18 Å². The van der Waals surface area contributed by atoms with E-state index in [9.17, 15) is 9.18 Å². The first kappa shape index (κ1) is 15.0. The fraction of sp³-hybridized carbons (Fsp3) is 0.562. The van der Waals surface area contributed by atoms with Crippen LogP contribution >= 0.6 is 0 Å². The molecule has 1 aromatic carbocycles. The minimum atomic E-state index is -0.337. The zero-order valence-electron chi connectivity index (χ0n) is 12.4. The van der Waals surface area contributed by atoms with Gasteiger partial charge in [-0.25, -0.2) is 4.39 Å². The molecule has 1 heterocycles. The number of anilines is 1. The average Bonchev–Trinajstić information content (AvgIpc) is 2.36.